The molecule has 0 saturated heterocycles. The van der Waals surface area contributed by atoms with E-state index in [0.717, 1.165) is 25.7 Å². The zero-order valence-electron chi connectivity index (χ0n) is 16.2. The number of hydrogen-bond donors (Lipinski definition) is 3. The summed E-state index contributed by atoms with van der Waals surface area (Å²) in [6, 6.07) is 0. The van der Waals surface area contributed by atoms with E-state index < -0.39 is 39.1 Å². The van der Waals surface area contributed by atoms with Gasteiger partial charge in [-0.1, -0.05) is 70.8 Å². The fraction of sp³-hybridized carbons (Fsp3) is 0.789. The summed E-state index contributed by atoms with van der Waals surface area (Å²) < 4.78 is 30.6. The third-order valence-corrected chi connectivity index (χ3v) is 6.58. The quantitative estimate of drug-likeness (QED) is 0.139. The molecule has 2 atom stereocenters. The molecule has 0 heterocycles. The van der Waals surface area contributed by atoms with Crippen molar-refractivity contribution in [1.82, 2.24) is 0 Å². The van der Waals surface area contributed by atoms with Crippen molar-refractivity contribution < 1.29 is 32.8 Å². The Kier molecular flexibility index (Phi) is 16.4. The van der Waals surface area contributed by atoms with Crippen molar-refractivity contribution in [3.63, 3.8) is 0 Å². The first-order chi connectivity index (χ1) is 12.6. The van der Waals surface area contributed by atoms with E-state index in [1.807, 2.05) is 0 Å². The van der Waals surface area contributed by atoms with Crippen LogP contribution in [0.4, 0.5) is 0 Å². The summed E-state index contributed by atoms with van der Waals surface area (Å²) in [5, 5.41) is 18.6. The van der Waals surface area contributed by atoms with Crippen molar-refractivity contribution >= 4 is 51.6 Å². The average Bonchev–Trinajstić information content (AvgIpc) is 2.55. The Balaban J connectivity index is 0. The van der Waals surface area contributed by atoms with Crippen LogP contribution in [0.25, 0.3) is 0 Å². The van der Waals surface area contributed by atoms with Gasteiger partial charge >= 0.3 is 41.5 Å². The Bertz CT molecular complexity index is 577. The molecule has 3 N–H and O–H groups in total. The van der Waals surface area contributed by atoms with Crippen LogP contribution in [0.3, 0.4) is 0 Å². The van der Waals surface area contributed by atoms with Gasteiger partial charge < -0.3 is 10.2 Å². The van der Waals surface area contributed by atoms with E-state index in [-0.39, 0.29) is 42.4 Å². The summed E-state index contributed by atoms with van der Waals surface area (Å²) in [7, 11) is -5.13. The third-order valence-electron chi connectivity index (χ3n) is 5.00. The van der Waals surface area contributed by atoms with Gasteiger partial charge in [-0.15, -0.1) is 6.58 Å². The van der Waals surface area contributed by atoms with Crippen molar-refractivity contribution in [2.24, 2.45) is 5.92 Å². The van der Waals surface area contributed by atoms with Crippen molar-refractivity contribution in [2.75, 3.05) is 0 Å². The molecule has 9 heteroatoms. The number of allylic oxidation sites excluding steroid dienone is 1. The van der Waals surface area contributed by atoms with Crippen LogP contribution in [0.2, 0.25) is 0 Å². The number of carbonyl (C=O) groups is 2. The van der Waals surface area contributed by atoms with Crippen LogP contribution in [0, 0.1) is 5.92 Å². The number of unbranched alkanes of at least 4 members (excludes halogenated alkanes) is 8. The van der Waals surface area contributed by atoms with Crippen LogP contribution in [-0.4, -0.2) is 69.4 Å². The topological polar surface area (TPSA) is 129 Å². The number of carboxylic acids is 2. The van der Waals surface area contributed by atoms with Crippen LogP contribution >= 0.6 is 0 Å². The SMILES string of the molecule is C=CCC(CCCCCCCCCCC)C(CC(=O)O)(C(=O)O)S(=O)(=O)O.[NaH]. The predicted molar refractivity (Wildman–Crippen MR) is 111 cm³/mol. The zero-order valence-corrected chi connectivity index (χ0v) is 17.0. The summed E-state index contributed by atoms with van der Waals surface area (Å²) >= 11 is 0. The fourth-order valence-corrected chi connectivity index (χ4v) is 4.64. The number of carboxylic acid groups (broad SMARTS) is 2. The van der Waals surface area contributed by atoms with E-state index in [1.54, 1.807) is 0 Å². The summed E-state index contributed by atoms with van der Waals surface area (Å²) in [5.41, 5.74) is 0. The van der Waals surface area contributed by atoms with Crippen LogP contribution in [0.15, 0.2) is 12.7 Å². The Morgan fingerprint density at radius 3 is 1.82 bits per heavy atom. The molecular formula is C19H35NaO7S. The van der Waals surface area contributed by atoms with E-state index >= 15 is 0 Å². The number of hydrogen-bond acceptors (Lipinski definition) is 4. The molecule has 0 saturated carbocycles. The van der Waals surface area contributed by atoms with Crippen LogP contribution in [0.1, 0.15) is 84.0 Å². The molecule has 0 rings (SSSR count). The van der Waals surface area contributed by atoms with E-state index in [1.165, 1.54) is 31.8 Å². The Morgan fingerprint density at radius 2 is 1.46 bits per heavy atom. The summed E-state index contributed by atoms with van der Waals surface area (Å²) in [6.45, 7) is 5.67. The Morgan fingerprint density at radius 1 is 1.00 bits per heavy atom. The molecule has 0 amide bonds. The molecule has 0 aliphatic rings. The van der Waals surface area contributed by atoms with Gasteiger partial charge in [-0.2, -0.15) is 8.42 Å². The fourth-order valence-electron chi connectivity index (χ4n) is 3.48. The average molecular weight is 431 g/mol. The van der Waals surface area contributed by atoms with Gasteiger partial charge in [0.25, 0.3) is 10.1 Å². The summed E-state index contributed by atoms with van der Waals surface area (Å²) in [5.74, 6) is -4.48. The van der Waals surface area contributed by atoms with Gasteiger partial charge in [0, 0.05) is 0 Å². The molecule has 0 aromatic heterocycles. The molecule has 0 bridgehead atoms. The second-order valence-electron chi connectivity index (χ2n) is 7.08. The van der Waals surface area contributed by atoms with Gasteiger partial charge in [0.1, 0.15) is 0 Å². The first-order valence-electron chi connectivity index (χ1n) is 9.66. The molecular weight excluding hydrogens is 395 g/mol. The maximum absolute atomic E-state index is 11.9. The molecule has 7 nitrogen and oxygen atoms in total. The van der Waals surface area contributed by atoms with E-state index in [9.17, 15) is 27.7 Å². The molecule has 0 aromatic carbocycles. The Labute approximate surface area is 191 Å². The first kappa shape index (κ1) is 29.8. The molecule has 2 unspecified atom stereocenters. The van der Waals surface area contributed by atoms with Crippen LogP contribution < -0.4 is 0 Å². The van der Waals surface area contributed by atoms with Crippen LogP contribution in [0.5, 0.6) is 0 Å². The minimum atomic E-state index is -5.13. The van der Waals surface area contributed by atoms with Crippen molar-refractivity contribution in [3.8, 4) is 0 Å². The van der Waals surface area contributed by atoms with E-state index in [2.05, 4.69) is 13.5 Å². The van der Waals surface area contributed by atoms with Gasteiger partial charge in [-0.05, 0) is 18.8 Å². The van der Waals surface area contributed by atoms with E-state index in [4.69, 9.17) is 5.11 Å². The van der Waals surface area contributed by atoms with Gasteiger partial charge in [0.2, 0.25) is 4.75 Å². The molecule has 0 aliphatic heterocycles. The molecule has 28 heavy (non-hydrogen) atoms. The second-order valence-corrected chi connectivity index (χ2v) is 8.76. The molecule has 0 aromatic rings. The van der Waals surface area contributed by atoms with Crippen molar-refractivity contribution in [3.05, 3.63) is 12.7 Å². The van der Waals surface area contributed by atoms with Gasteiger partial charge in [-0.25, -0.2) is 0 Å². The van der Waals surface area contributed by atoms with Gasteiger partial charge in [-0.3, -0.25) is 14.1 Å². The minimum absolute atomic E-state index is 0. The molecule has 0 fully saturated rings. The summed E-state index contributed by atoms with van der Waals surface area (Å²) in [6.07, 6.45) is 9.74. The summed E-state index contributed by atoms with van der Waals surface area (Å²) in [4.78, 5) is 22.9. The second kappa shape index (κ2) is 15.4. The van der Waals surface area contributed by atoms with E-state index in [0.29, 0.717) is 6.42 Å². The monoisotopic (exact) mass is 430 g/mol. The van der Waals surface area contributed by atoms with Crippen LogP contribution in [-0.2, 0) is 19.7 Å². The number of aliphatic carboxylic acids is 2. The normalized spacial score (nSPS) is 14.5. The Hall–Kier alpha value is -0.410. The molecule has 160 valence electrons. The predicted octanol–water partition coefficient (Wildman–Crippen LogP) is 3.64. The molecule has 0 aliphatic carbocycles. The van der Waals surface area contributed by atoms with Crippen molar-refractivity contribution in [1.29, 1.82) is 0 Å². The standard InChI is InChI=1S/C19H34O7S.Na.H/c1-3-5-6-7-8-9-10-11-12-14-16(13-4-2)19(18(22)23,15-17(20)21)27(24,25)26;;/h4,16H,2-3,5-15H2,1H3,(H,20,21)(H,22,23)(H,24,25,26);;. The molecule has 0 spiro atoms. The molecule has 0 radical (unpaired) electrons. The van der Waals surface area contributed by atoms with Gasteiger partial charge in [0.15, 0.2) is 0 Å². The zero-order chi connectivity index (χ0) is 20.9. The first-order valence-corrected chi connectivity index (χ1v) is 11.1. The van der Waals surface area contributed by atoms with Gasteiger partial charge in [0.05, 0.1) is 6.42 Å². The maximum atomic E-state index is 11.9. The number of rotatable bonds is 17. The van der Waals surface area contributed by atoms with Crippen molar-refractivity contribution in [2.45, 2.75) is 88.7 Å². The third kappa shape index (κ3) is 9.87.